The quantitative estimate of drug-likeness (QED) is 0.783. The molecule has 1 aromatic carbocycles. The molecule has 0 radical (unpaired) electrons. The van der Waals surface area contributed by atoms with Crippen LogP contribution in [0.25, 0.3) is 0 Å². The number of urea groups is 1. The van der Waals surface area contributed by atoms with E-state index in [2.05, 4.69) is 25.8 Å². The van der Waals surface area contributed by atoms with Gasteiger partial charge >= 0.3 is 12.0 Å². The fourth-order valence-electron chi connectivity index (χ4n) is 1.43. The lowest BCUT2D eigenvalue weighted by Gasteiger charge is -2.04. The van der Waals surface area contributed by atoms with Gasteiger partial charge in [0.25, 0.3) is 0 Å². The third-order valence-corrected chi connectivity index (χ3v) is 2.22. The van der Waals surface area contributed by atoms with Gasteiger partial charge in [0.05, 0.1) is 18.2 Å². The zero-order valence-electron chi connectivity index (χ0n) is 10.7. The molecule has 0 saturated heterocycles. The monoisotopic (exact) mass is 272 g/mol. The van der Waals surface area contributed by atoms with Crippen molar-refractivity contribution >= 4 is 17.7 Å². The van der Waals surface area contributed by atoms with Crippen LogP contribution in [0.4, 0.5) is 16.4 Å². The van der Waals surface area contributed by atoms with Crippen molar-refractivity contribution in [3.05, 3.63) is 29.8 Å². The molecule has 0 aliphatic carbocycles. The highest BCUT2D eigenvalue weighted by Gasteiger charge is 2.08. The second kappa shape index (κ2) is 6.19. The molecule has 1 heterocycles. The second-order valence-electron chi connectivity index (χ2n) is 3.67. The first kappa shape index (κ1) is 13.4. The smallest absolute Gasteiger partial charge is 0.337 e. The number of ether oxygens (including phenoxy) is 1. The first-order valence-electron chi connectivity index (χ1n) is 5.84. The zero-order valence-corrected chi connectivity index (χ0v) is 10.7. The van der Waals surface area contributed by atoms with Gasteiger partial charge in [0.15, 0.2) is 0 Å². The molecular weight excluding hydrogens is 260 g/mol. The number of carbonyl (C=O) groups is 1. The molecule has 8 heteroatoms. The van der Waals surface area contributed by atoms with Gasteiger partial charge < -0.3 is 10.1 Å². The van der Waals surface area contributed by atoms with Gasteiger partial charge in [-0.2, -0.15) is 10.2 Å². The molecule has 0 spiro atoms. The average Bonchev–Trinajstić information content (AvgIpc) is 2.86. The van der Waals surface area contributed by atoms with E-state index in [9.17, 15) is 4.79 Å². The van der Waals surface area contributed by atoms with Crippen LogP contribution in [0, 0.1) is 11.3 Å². The Kier molecular flexibility index (Phi) is 4.14. The number of amides is 2. The predicted molar refractivity (Wildman–Crippen MR) is 71.4 cm³/mol. The Morgan fingerprint density at radius 1 is 1.50 bits per heavy atom. The van der Waals surface area contributed by atoms with Crippen LogP contribution in [0.15, 0.2) is 24.3 Å². The van der Waals surface area contributed by atoms with Crippen LogP contribution in [0.1, 0.15) is 12.5 Å². The maximum absolute atomic E-state index is 11.7. The van der Waals surface area contributed by atoms with Crippen LogP contribution in [-0.2, 0) is 0 Å². The second-order valence-corrected chi connectivity index (χ2v) is 3.67. The third-order valence-electron chi connectivity index (χ3n) is 2.22. The molecule has 1 aromatic heterocycles. The van der Waals surface area contributed by atoms with Crippen molar-refractivity contribution in [3.63, 3.8) is 0 Å². The number of hydrogen-bond donors (Lipinski definition) is 3. The van der Waals surface area contributed by atoms with Crippen LogP contribution in [0.5, 0.6) is 6.01 Å². The number of anilines is 2. The Morgan fingerprint density at radius 3 is 3.10 bits per heavy atom. The normalized spacial score (nSPS) is 9.60. The van der Waals surface area contributed by atoms with Crippen LogP contribution in [-0.4, -0.2) is 27.8 Å². The number of carbonyl (C=O) groups excluding carboxylic acids is 1. The van der Waals surface area contributed by atoms with E-state index in [0.717, 1.165) is 0 Å². The van der Waals surface area contributed by atoms with Gasteiger partial charge in [-0.05, 0) is 25.1 Å². The Bertz CT molecular complexity index is 645. The number of aromatic amines is 1. The number of nitrogens with zero attached hydrogens (tertiary/aromatic N) is 3. The van der Waals surface area contributed by atoms with Crippen LogP contribution in [0.3, 0.4) is 0 Å². The van der Waals surface area contributed by atoms with Gasteiger partial charge in [-0.1, -0.05) is 6.07 Å². The van der Waals surface area contributed by atoms with Crippen LogP contribution < -0.4 is 15.4 Å². The molecule has 3 N–H and O–H groups in total. The lowest BCUT2D eigenvalue weighted by molar-refractivity contribution is 0.262. The molecule has 0 unspecified atom stereocenters. The van der Waals surface area contributed by atoms with Crippen molar-refractivity contribution in [2.24, 2.45) is 0 Å². The Balaban J connectivity index is 1.96. The molecule has 20 heavy (non-hydrogen) atoms. The first-order chi connectivity index (χ1) is 9.71. The van der Waals surface area contributed by atoms with Gasteiger partial charge in [0.2, 0.25) is 5.95 Å². The number of nitrogens with one attached hydrogen (secondary N) is 3. The molecule has 0 saturated carbocycles. The summed E-state index contributed by atoms with van der Waals surface area (Å²) in [7, 11) is 0. The van der Waals surface area contributed by atoms with E-state index >= 15 is 0 Å². The van der Waals surface area contributed by atoms with Crippen molar-refractivity contribution in [2.45, 2.75) is 6.92 Å². The Morgan fingerprint density at radius 2 is 2.35 bits per heavy atom. The minimum atomic E-state index is -0.501. The van der Waals surface area contributed by atoms with Crippen LogP contribution >= 0.6 is 0 Å². The van der Waals surface area contributed by atoms with E-state index < -0.39 is 6.03 Å². The molecule has 0 aliphatic rings. The lowest BCUT2D eigenvalue weighted by Crippen LogP contribution is -2.20. The number of benzene rings is 1. The van der Waals surface area contributed by atoms with Crippen molar-refractivity contribution in [1.82, 2.24) is 15.2 Å². The molecule has 0 fully saturated rings. The maximum Gasteiger partial charge on any atom is 0.337 e. The van der Waals surface area contributed by atoms with Crippen LogP contribution in [0.2, 0.25) is 0 Å². The largest absolute Gasteiger partial charge is 0.463 e. The van der Waals surface area contributed by atoms with Gasteiger partial charge in [0.1, 0.15) is 0 Å². The molecule has 0 bridgehead atoms. The third kappa shape index (κ3) is 3.46. The van der Waals surface area contributed by atoms with E-state index in [1.807, 2.05) is 6.07 Å². The molecular formula is C12H12N6O2. The fourth-order valence-corrected chi connectivity index (χ4v) is 1.43. The van der Waals surface area contributed by atoms with Crippen molar-refractivity contribution in [1.29, 1.82) is 5.26 Å². The molecule has 2 aromatic rings. The summed E-state index contributed by atoms with van der Waals surface area (Å²) in [4.78, 5) is 15.6. The summed E-state index contributed by atoms with van der Waals surface area (Å²) in [6, 6.07) is 8.21. The molecule has 8 nitrogen and oxygen atoms in total. The maximum atomic E-state index is 11.7. The topological polar surface area (TPSA) is 116 Å². The zero-order chi connectivity index (χ0) is 14.4. The summed E-state index contributed by atoms with van der Waals surface area (Å²) in [5, 5.41) is 20.1. The summed E-state index contributed by atoms with van der Waals surface area (Å²) >= 11 is 0. The predicted octanol–water partition coefficient (Wildman–Crippen LogP) is 1.72. The van der Waals surface area contributed by atoms with Gasteiger partial charge in [-0.3, -0.25) is 5.32 Å². The van der Waals surface area contributed by atoms with Crippen molar-refractivity contribution in [2.75, 3.05) is 17.2 Å². The summed E-state index contributed by atoms with van der Waals surface area (Å²) < 4.78 is 5.06. The Hall–Kier alpha value is -3.08. The number of rotatable bonds is 4. The average molecular weight is 272 g/mol. The molecule has 2 amide bonds. The summed E-state index contributed by atoms with van der Waals surface area (Å²) in [6.07, 6.45) is 0. The van der Waals surface area contributed by atoms with Gasteiger partial charge in [-0.15, -0.1) is 5.10 Å². The molecule has 2 rings (SSSR count). The van der Waals surface area contributed by atoms with Crippen molar-refractivity contribution < 1.29 is 9.53 Å². The Labute approximate surface area is 114 Å². The molecule has 0 atom stereocenters. The van der Waals surface area contributed by atoms with E-state index in [0.29, 0.717) is 17.9 Å². The van der Waals surface area contributed by atoms with E-state index in [-0.39, 0.29) is 12.0 Å². The highest BCUT2D eigenvalue weighted by atomic mass is 16.5. The molecule has 102 valence electrons. The number of nitriles is 1. The van der Waals surface area contributed by atoms with Gasteiger partial charge in [0, 0.05) is 5.69 Å². The number of hydrogen-bond acceptors (Lipinski definition) is 5. The summed E-state index contributed by atoms with van der Waals surface area (Å²) in [5.41, 5.74) is 0.965. The minimum absolute atomic E-state index is 0.161. The fraction of sp³-hybridized carbons (Fsp3) is 0.167. The van der Waals surface area contributed by atoms with E-state index in [1.54, 1.807) is 31.2 Å². The summed E-state index contributed by atoms with van der Waals surface area (Å²) in [6.45, 7) is 2.24. The highest BCUT2D eigenvalue weighted by molar-refractivity contribution is 5.98. The minimum Gasteiger partial charge on any atom is -0.463 e. The lowest BCUT2D eigenvalue weighted by atomic mass is 10.2. The molecule has 0 aliphatic heterocycles. The summed E-state index contributed by atoms with van der Waals surface area (Å²) in [5.74, 6) is 0.169. The standard InChI is InChI=1S/C12H12N6O2/c1-2-20-12-16-10(17-18-12)15-11(19)14-9-5-3-4-8(6-9)7-13/h3-6H,2H2,1H3,(H3,14,15,16,17,18,19). The SMILES string of the molecule is CCOc1n[nH]c(NC(=O)Nc2cccc(C#N)c2)n1. The highest BCUT2D eigenvalue weighted by Crippen LogP contribution is 2.11. The number of aromatic nitrogens is 3. The van der Waals surface area contributed by atoms with Crippen molar-refractivity contribution in [3.8, 4) is 12.1 Å². The number of H-pyrrole nitrogens is 1. The van der Waals surface area contributed by atoms with E-state index in [4.69, 9.17) is 10.00 Å². The first-order valence-corrected chi connectivity index (χ1v) is 5.84. The van der Waals surface area contributed by atoms with E-state index in [1.165, 1.54) is 0 Å². The van der Waals surface area contributed by atoms with Gasteiger partial charge in [-0.25, -0.2) is 9.89 Å².